The van der Waals surface area contributed by atoms with E-state index < -0.39 is 23.2 Å². The molecule has 0 spiro atoms. The van der Waals surface area contributed by atoms with Gasteiger partial charge in [0.1, 0.15) is 5.83 Å². The van der Waals surface area contributed by atoms with E-state index in [0.717, 1.165) is 24.7 Å². The maximum absolute atomic E-state index is 15.1. The Morgan fingerprint density at radius 3 is 1.93 bits per heavy atom. The van der Waals surface area contributed by atoms with Gasteiger partial charge in [0.25, 0.3) is 0 Å². The van der Waals surface area contributed by atoms with Crippen LogP contribution in [0.3, 0.4) is 0 Å². The first-order valence-corrected chi connectivity index (χ1v) is 11.9. The highest BCUT2D eigenvalue weighted by Crippen LogP contribution is 2.47. The van der Waals surface area contributed by atoms with Gasteiger partial charge in [-0.05, 0) is 36.7 Å². The third kappa shape index (κ3) is 5.45. The predicted molar refractivity (Wildman–Crippen MR) is 111 cm³/mol. The predicted octanol–water partition coefficient (Wildman–Crippen LogP) is 8.78. The first-order valence-electron chi connectivity index (χ1n) is 11.9. The van der Waals surface area contributed by atoms with Crippen LogP contribution in [0.25, 0.3) is 0 Å². The van der Waals surface area contributed by atoms with Gasteiger partial charge in [0.2, 0.25) is 0 Å². The van der Waals surface area contributed by atoms with Crippen molar-refractivity contribution in [3.8, 4) is 0 Å². The molecule has 28 heavy (non-hydrogen) atoms. The molecule has 3 aliphatic rings. The SMILES string of the molecule is CCCCCC1CCC(CCC2CCC(C3(F)C=CCC(F)=C3F)CC2)CC1. The molecule has 3 aliphatic carbocycles. The van der Waals surface area contributed by atoms with Crippen LogP contribution in [-0.2, 0) is 0 Å². The van der Waals surface area contributed by atoms with E-state index in [1.165, 1.54) is 76.4 Å². The number of hydrogen-bond donors (Lipinski definition) is 0. The number of unbranched alkanes of at least 4 members (excludes halogenated alkanes) is 2. The smallest absolute Gasteiger partial charge is 0.185 e. The molecule has 3 rings (SSSR count). The molecule has 0 heterocycles. The number of rotatable bonds is 8. The summed E-state index contributed by atoms with van der Waals surface area (Å²) >= 11 is 0. The topological polar surface area (TPSA) is 0 Å². The summed E-state index contributed by atoms with van der Waals surface area (Å²) in [5.74, 6) is 0.0112. The highest BCUT2D eigenvalue weighted by molar-refractivity contribution is 5.30. The van der Waals surface area contributed by atoms with Gasteiger partial charge < -0.3 is 0 Å². The normalized spacial score (nSPS) is 36.7. The van der Waals surface area contributed by atoms with Crippen LogP contribution in [0.5, 0.6) is 0 Å². The van der Waals surface area contributed by atoms with Gasteiger partial charge in [0.15, 0.2) is 11.5 Å². The lowest BCUT2D eigenvalue weighted by Gasteiger charge is -2.37. The molecule has 0 aliphatic heterocycles. The van der Waals surface area contributed by atoms with E-state index in [1.807, 2.05) is 0 Å². The molecule has 1 atom stereocenters. The van der Waals surface area contributed by atoms with Gasteiger partial charge in [-0.1, -0.05) is 90.0 Å². The van der Waals surface area contributed by atoms with E-state index in [2.05, 4.69) is 6.92 Å². The van der Waals surface area contributed by atoms with Crippen LogP contribution >= 0.6 is 0 Å². The van der Waals surface area contributed by atoms with Gasteiger partial charge in [-0.15, -0.1) is 0 Å². The minimum atomic E-state index is -2.19. The van der Waals surface area contributed by atoms with Gasteiger partial charge in [-0.2, -0.15) is 0 Å². The first-order chi connectivity index (χ1) is 13.5. The second-order valence-electron chi connectivity index (χ2n) is 9.77. The fourth-order valence-corrected chi connectivity index (χ4v) is 5.85. The van der Waals surface area contributed by atoms with Crippen LogP contribution in [-0.4, -0.2) is 5.67 Å². The van der Waals surface area contributed by atoms with Crippen molar-refractivity contribution in [1.82, 2.24) is 0 Å². The molecule has 0 aromatic carbocycles. The zero-order chi connectivity index (χ0) is 20.0. The molecule has 0 aromatic heterocycles. The van der Waals surface area contributed by atoms with E-state index in [9.17, 15) is 8.78 Å². The van der Waals surface area contributed by atoms with Crippen LogP contribution in [0.4, 0.5) is 13.2 Å². The molecule has 1 unspecified atom stereocenters. The summed E-state index contributed by atoms with van der Waals surface area (Å²) in [7, 11) is 0. The number of hydrogen-bond acceptors (Lipinski definition) is 0. The summed E-state index contributed by atoms with van der Waals surface area (Å²) < 4.78 is 42.8. The lowest BCUT2D eigenvalue weighted by Crippen LogP contribution is -2.36. The highest BCUT2D eigenvalue weighted by atomic mass is 19.2. The average molecular weight is 397 g/mol. The fraction of sp³-hybridized carbons (Fsp3) is 0.840. The molecule has 0 bridgehead atoms. The zero-order valence-electron chi connectivity index (χ0n) is 17.7. The van der Waals surface area contributed by atoms with E-state index in [0.29, 0.717) is 18.8 Å². The van der Waals surface area contributed by atoms with E-state index in [-0.39, 0.29) is 6.42 Å². The fourth-order valence-electron chi connectivity index (χ4n) is 5.85. The summed E-state index contributed by atoms with van der Waals surface area (Å²) in [6, 6.07) is 0. The maximum Gasteiger partial charge on any atom is 0.185 e. The standard InChI is InChI=1S/C25H39F3/c1-2-3-4-6-19-8-10-20(11-9-19)12-13-21-14-16-22(17-15-21)25(28)18-5-7-23(26)24(25)27/h5,18-22H,2-4,6-17H2,1H3. The number of allylic oxidation sites excluding steroid dienone is 4. The first kappa shape index (κ1) is 22.0. The highest BCUT2D eigenvalue weighted by Gasteiger charge is 2.45. The third-order valence-corrected chi connectivity index (χ3v) is 7.84. The summed E-state index contributed by atoms with van der Waals surface area (Å²) in [4.78, 5) is 0. The van der Waals surface area contributed by atoms with Crippen molar-refractivity contribution in [2.45, 2.75) is 109 Å². The monoisotopic (exact) mass is 396 g/mol. The number of alkyl halides is 1. The summed E-state index contributed by atoms with van der Waals surface area (Å²) in [5.41, 5.74) is -2.19. The Kier molecular flexibility index (Phi) is 8.12. The molecule has 0 aromatic rings. The Morgan fingerprint density at radius 2 is 1.36 bits per heavy atom. The molecule has 160 valence electrons. The summed E-state index contributed by atoms with van der Waals surface area (Å²) in [6.45, 7) is 2.27. The van der Waals surface area contributed by atoms with Crippen molar-refractivity contribution in [2.24, 2.45) is 23.7 Å². The Hall–Kier alpha value is -0.730. The second kappa shape index (κ2) is 10.3. The summed E-state index contributed by atoms with van der Waals surface area (Å²) in [5, 5.41) is 0. The molecule has 0 nitrogen and oxygen atoms in total. The van der Waals surface area contributed by atoms with Crippen LogP contribution in [0, 0.1) is 23.7 Å². The minimum absolute atomic E-state index is 0.103. The van der Waals surface area contributed by atoms with Crippen molar-refractivity contribution in [3.05, 3.63) is 23.8 Å². The van der Waals surface area contributed by atoms with Gasteiger partial charge in [-0.3, -0.25) is 0 Å². The Bertz CT molecular complexity index is 536. The van der Waals surface area contributed by atoms with Crippen LogP contribution < -0.4 is 0 Å². The molecule has 0 radical (unpaired) electrons. The van der Waals surface area contributed by atoms with Crippen molar-refractivity contribution in [1.29, 1.82) is 0 Å². The number of halogens is 3. The Morgan fingerprint density at radius 1 is 0.821 bits per heavy atom. The Balaban J connectivity index is 1.35. The van der Waals surface area contributed by atoms with Crippen molar-refractivity contribution < 1.29 is 13.2 Å². The third-order valence-electron chi connectivity index (χ3n) is 7.84. The molecule has 0 saturated heterocycles. The van der Waals surface area contributed by atoms with E-state index in [4.69, 9.17) is 0 Å². The van der Waals surface area contributed by atoms with Crippen molar-refractivity contribution in [2.75, 3.05) is 0 Å². The van der Waals surface area contributed by atoms with Gasteiger partial charge >= 0.3 is 0 Å². The van der Waals surface area contributed by atoms with E-state index >= 15 is 4.39 Å². The lowest BCUT2D eigenvalue weighted by molar-refractivity contribution is 0.0894. The van der Waals surface area contributed by atoms with Crippen LogP contribution in [0.1, 0.15) is 103 Å². The molecular weight excluding hydrogens is 357 g/mol. The van der Waals surface area contributed by atoms with Gasteiger partial charge in [0, 0.05) is 12.3 Å². The minimum Gasteiger partial charge on any atom is -0.231 e. The van der Waals surface area contributed by atoms with Crippen molar-refractivity contribution in [3.63, 3.8) is 0 Å². The molecule has 2 fully saturated rings. The van der Waals surface area contributed by atoms with Gasteiger partial charge in [-0.25, -0.2) is 13.2 Å². The van der Waals surface area contributed by atoms with Crippen LogP contribution in [0.2, 0.25) is 0 Å². The Labute approximate surface area is 170 Å². The summed E-state index contributed by atoms with van der Waals surface area (Å²) in [6.07, 6.45) is 19.6. The molecule has 0 N–H and O–H groups in total. The van der Waals surface area contributed by atoms with Gasteiger partial charge in [0.05, 0.1) is 0 Å². The van der Waals surface area contributed by atoms with E-state index in [1.54, 1.807) is 0 Å². The average Bonchev–Trinajstić information content (AvgIpc) is 2.72. The molecule has 2 saturated carbocycles. The quantitative estimate of drug-likeness (QED) is 0.284. The molecular formula is C25H39F3. The maximum atomic E-state index is 15.1. The molecule has 0 amide bonds. The zero-order valence-corrected chi connectivity index (χ0v) is 17.7. The largest absolute Gasteiger partial charge is 0.231 e. The lowest BCUT2D eigenvalue weighted by atomic mass is 9.70. The van der Waals surface area contributed by atoms with Crippen LogP contribution in [0.15, 0.2) is 23.8 Å². The van der Waals surface area contributed by atoms with Crippen molar-refractivity contribution >= 4 is 0 Å². The second-order valence-corrected chi connectivity index (χ2v) is 9.77. The molecule has 3 heteroatoms.